The maximum atomic E-state index is 6.87. The fraction of sp³-hybridized carbons (Fsp3) is 0. The summed E-state index contributed by atoms with van der Waals surface area (Å²) in [6, 6.07) is 104. The number of para-hydroxylation sites is 4. The molecule has 4 heterocycles. The zero-order valence-corrected chi connectivity index (χ0v) is 47.2. The molecule has 0 N–H and O–H groups in total. The van der Waals surface area contributed by atoms with Crippen LogP contribution in [0.3, 0.4) is 0 Å². The van der Waals surface area contributed by atoms with Crippen molar-refractivity contribution in [3.63, 3.8) is 0 Å². The average molecular weight is 1130 g/mol. The second kappa shape index (κ2) is 18.8. The lowest BCUT2D eigenvalue weighted by Crippen LogP contribution is -2.11. The number of hydrogen-bond donors (Lipinski definition) is 0. The fourth-order valence-electron chi connectivity index (χ4n) is 13.9. The van der Waals surface area contributed by atoms with Crippen LogP contribution in [0.15, 0.2) is 309 Å². The number of hydrogen-bond acceptors (Lipinski definition) is 6. The fourth-order valence-corrected chi connectivity index (χ4v) is 13.9. The predicted molar refractivity (Wildman–Crippen MR) is 366 cm³/mol. The summed E-state index contributed by atoms with van der Waals surface area (Å²) in [5.41, 5.74) is 17.0. The Morgan fingerprint density at radius 2 is 0.568 bits per heavy atom. The highest BCUT2D eigenvalue weighted by molar-refractivity contribution is 6.20. The number of anilines is 6. The van der Waals surface area contributed by atoms with Gasteiger partial charge in [0.1, 0.15) is 33.5 Å². The molecule has 0 saturated carbocycles. The van der Waals surface area contributed by atoms with Crippen LogP contribution in [0.1, 0.15) is 0 Å². The summed E-state index contributed by atoms with van der Waals surface area (Å²) in [7, 11) is 0. The van der Waals surface area contributed by atoms with Crippen LogP contribution in [-0.4, -0.2) is 0 Å². The Morgan fingerprint density at radius 1 is 0.193 bits per heavy atom. The molecule has 0 aliphatic heterocycles. The van der Waals surface area contributed by atoms with E-state index >= 15 is 0 Å². The number of furan rings is 4. The Labute approximate surface area is 503 Å². The minimum Gasteiger partial charge on any atom is -0.456 e. The molecule has 0 fully saturated rings. The molecule has 15 aromatic carbocycles. The Morgan fingerprint density at radius 3 is 1.03 bits per heavy atom. The summed E-state index contributed by atoms with van der Waals surface area (Å²) < 4.78 is 27.4. The molecule has 19 aromatic rings. The summed E-state index contributed by atoms with van der Waals surface area (Å²) in [6.45, 7) is 0. The number of rotatable bonds is 8. The Hall–Kier alpha value is -11.9. The van der Waals surface area contributed by atoms with Crippen molar-refractivity contribution in [2.45, 2.75) is 0 Å². The van der Waals surface area contributed by atoms with Crippen molar-refractivity contribution in [3.05, 3.63) is 291 Å². The highest BCUT2D eigenvalue weighted by Gasteiger charge is 2.26. The van der Waals surface area contributed by atoms with Crippen LogP contribution in [0.25, 0.3) is 153 Å². The van der Waals surface area contributed by atoms with Gasteiger partial charge in [0.2, 0.25) is 0 Å². The van der Waals surface area contributed by atoms with Crippen molar-refractivity contribution < 1.29 is 17.7 Å². The number of benzene rings is 15. The van der Waals surface area contributed by atoms with E-state index in [1.54, 1.807) is 0 Å². The summed E-state index contributed by atoms with van der Waals surface area (Å²) >= 11 is 0. The van der Waals surface area contributed by atoms with Gasteiger partial charge in [-0.2, -0.15) is 0 Å². The lowest BCUT2D eigenvalue weighted by Gasteiger charge is -2.28. The summed E-state index contributed by atoms with van der Waals surface area (Å²) in [5.74, 6) is 0. The first-order chi connectivity index (χ1) is 43.6. The van der Waals surface area contributed by atoms with Gasteiger partial charge < -0.3 is 27.5 Å². The molecule has 0 radical (unpaired) electrons. The molecule has 4 aromatic heterocycles. The molecule has 0 atom stereocenters. The van der Waals surface area contributed by atoms with Gasteiger partial charge in [-0.3, -0.25) is 0 Å². The molecule has 6 nitrogen and oxygen atoms in total. The molecule has 0 saturated heterocycles. The van der Waals surface area contributed by atoms with E-state index in [0.717, 1.165) is 176 Å². The molecule has 410 valence electrons. The van der Waals surface area contributed by atoms with E-state index in [0.29, 0.717) is 0 Å². The van der Waals surface area contributed by atoms with E-state index in [9.17, 15) is 0 Å². The van der Waals surface area contributed by atoms with Gasteiger partial charge in [0, 0.05) is 71.7 Å². The van der Waals surface area contributed by atoms with Crippen molar-refractivity contribution in [2.24, 2.45) is 0 Å². The van der Waals surface area contributed by atoms with Crippen molar-refractivity contribution >= 4 is 165 Å². The standard InChI is InChI=1S/C82H48N2O4/c1-3-17-49(18-4-1)65-39-51-21-7-9-23-53(51)43-73(65)83(71-29-15-27-63-61-25-11-13-31-75(61)87-81(63)71)59-35-33-55-41-67-69-47-70-68-42-56-34-36-60(38-58(56)46-78(68)86-80(70)48-79(69)85-77(67)45-57(55)37-59)84(72-30-16-28-64-62-26-12-14-32-76(62)88-82(64)72)74-44-54-24-10-8-22-52(54)40-66(74)50-19-5-2-6-20-50/h1-48H. The van der Waals surface area contributed by atoms with E-state index in [-0.39, 0.29) is 0 Å². The Bertz CT molecular complexity index is 5720. The van der Waals surface area contributed by atoms with Gasteiger partial charge in [-0.25, -0.2) is 0 Å². The Kier molecular flexibility index (Phi) is 10.4. The lowest BCUT2D eigenvalue weighted by molar-refractivity contribution is 0.656. The zero-order chi connectivity index (χ0) is 57.6. The number of fused-ring (bicyclic) bond motifs is 16. The van der Waals surface area contributed by atoms with E-state index in [2.05, 4.69) is 289 Å². The molecule has 0 amide bonds. The van der Waals surface area contributed by atoms with Crippen molar-refractivity contribution in [2.75, 3.05) is 9.80 Å². The largest absolute Gasteiger partial charge is 0.456 e. The zero-order valence-electron chi connectivity index (χ0n) is 47.2. The van der Waals surface area contributed by atoms with Crippen LogP contribution in [0.5, 0.6) is 0 Å². The minimum absolute atomic E-state index is 0.769. The SMILES string of the molecule is c1ccc(-c2cc3ccccc3cc2N(c2ccc3cc4c(cc3c2)oc2cc3oc5cc6cc(N(c7cc8ccccc8cc7-c7ccccc7)c7cccc8c7oc7ccccc78)ccc6cc5c3cc24)c2cccc3c2oc2ccccc23)cc1. The molecular formula is C82H48N2O4. The molecule has 0 aliphatic rings. The Balaban J connectivity index is 0.753. The van der Waals surface area contributed by atoms with Gasteiger partial charge >= 0.3 is 0 Å². The molecule has 19 rings (SSSR count). The van der Waals surface area contributed by atoms with Crippen LogP contribution in [-0.2, 0) is 0 Å². The van der Waals surface area contributed by atoms with Gasteiger partial charge in [0.25, 0.3) is 0 Å². The topological polar surface area (TPSA) is 59.0 Å². The smallest absolute Gasteiger partial charge is 0.159 e. The first kappa shape index (κ1) is 48.5. The first-order valence-electron chi connectivity index (χ1n) is 29.8. The third-order valence-electron chi connectivity index (χ3n) is 18.1. The summed E-state index contributed by atoms with van der Waals surface area (Å²) in [6.07, 6.45) is 0. The predicted octanol–water partition coefficient (Wildman–Crippen LogP) is 24.2. The van der Waals surface area contributed by atoms with Gasteiger partial charge in [0.05, 0.1) is 22.7 Å². The monoisotopic (exact) mass is 1120 g/mol. The van der Waals surface area contributed by atoms with Gasteiger partial charge in [-0.15, -0.1) is 0 Å². The molecular weight excluding hydrogens is 1080 g/mol. The van der Waals surface area contributed by atoms with Gasteiger partial charge in [-0.1, -0.05) is 182 Å². The second-order valence-corrected chi connectivity index (χ2v) is 23.1. The summed E-state index contributed by atoms with van der Waals surface area (Å²) in [5, 5.41) is 17.4. The quantitative estimate of drug-likeness (QED) is 0.151. The van der Waals surface area contributed by atoms with E-state index in [1.807, 2.05) is 12.1 Å². The van der Waals surface area contributed by atoms with Gasteiger partial charge in [-0.05, 0) is 157 Å². The van der Waals surface area contributed by atoms with Crippen LogP contribution in [0.4, 0.5) is 34.1 Å². The molecule has 0 unspecified atom stereocenters. The van der Waals surface area contributed by atoms with E-state index in [1.165, 1.54) is 10.8 Å². The van der Waals surface area contributed by atoms with Crippen molar-refractivity contribution in [3.8, 4) is 22.3 Å². The maximum absolute atomic E-state index is 6.87. The third-order valence-corrected chi connectivity index (χ3v) is 18.1. The molecule has 0 bridgehead atoms. The molecule has 0 spiro atoms. The summed E-state index contributed by atoms with van der Waals surface area (Å²) in [4.78, 5) is 4.74. The first-order valence-corrected chi connectivity index (χ1v) is 29.8. The van der Waals surface area contributed by atoms with Crippen LogP contribution in [0, 0.1) is 0 Å². The highest BCUT2D eigenvalue weighted by atomic mass is 16.3. The van der Waals surface area contributed by atoms with Gasteiger partial charge in [0.15, 0.2) is 11.2 Å². The van der Waals surface area contributed by atoms with Crippen molar-refractivity contribution in [1.29, 1.82) is 0 Å². The maximum Gasteiger partial charge on any atom is 0.159 e. The van der Waals surface area contributed by atoms with Crippen LogP contribution in [0.2, 0.25) is 0 Å². The van der Waals surface area contributed by atoms with Crippen LogP contribution >= 0.6 is 0 Å². The minimum atomic E-state index is 0.769. The third kappa shape index (κ3) is 7.49. The molecule has 0 aliphatic carbocycles. The second-order valence-electron chi connectivity index (χ2n) is 23.1. The normalized spacial score (nSPS) is 12.1. The average Bonchev–Trinajstić information content (AvgIpc) is 1.80. The number of nitrogens with zero attached hydrogens (tertiary/aromatic N) is 2. The molecule has 6 heteroatoms. The highest BCUT2D eigenvalue weighted by Crippen LogP contribution is 2.50. The molecule has 88 heavy (non-hydrogen) atoms. The van der Waals surface area contributed by atoms with Crippen molar-refractivity contribution in [1.82, 2.24) is 0 Å². The van der Waals surface area contributed by atoms with E-state index < -0.39 is 0 Å². The van der Waals surface area contributed by atoms with Crippen LogP contribution < -0.4 is 9.80 Å². The lowest BCUT2D eigenvalue weighted by atomic mass is 9.97. The van der Waals surface area contributed by atoms with E-state index in [4.69, 9.17) is 17.7 Å².